The predicted molar refractivity (Wildman–Crippen MR) is 76.4 cm³/mol. The van der Waals surface area contributed by atoms with E-state index in [-0.39, 0.29) is 4.90 Å². The molecule has 1 aromatic rings. The van der Waals surface area contributed by atoms with Gasteiger partial charge in [0.05, 0.1) is 4.90 Å². The molecule has 1 fully saturated rings. The standard InChI is InChI=1S/C12H20N4O2S/c1-16-4-2-3-11(16)8-15-10-5-9(13)6-12(7-10)19(14,17)18/h5-7,11,15H,2-4,8,13H2,1H3,(H2,14,17,18). The number of hydrogen-bond donors (Lipinski definition) is 3. The fourth-order valence-electron chi connectivity index (χ4n) is 2.36. The molecule has 5 N–H and O–H groups in total. The summed E-state index contributed by atoms with van der Waals surface area (Å²) in [7, 11) is -1.63. The first-order chi connectivity index (χ1) is 8.86. The van der Waals surface area contributed by atoms with Gasteiger partial charge >= 0.3 is 0 Å². The molecule has 0 bridgehead atoms. The number of nitrogen functional groups attached to an aromatic ring is 1. The molecule has 1 unspecified atom stereocenters. The lowest BCUT2D eigenvalue weighted by atomic mass is 10.2. The van der Waals surface area contributed by atoms with E-state index in [9.17, 15) is 8.42 Å². The lowest BCUT2D eigenvalue weighted by Gasteiger charge is -2.20. The number of rotatable bonds is 4. The Kier molecular flexibility index (Phi) is 3.98. The molecule has 6 nitrogen and oxygen atoms in total. The van der Waals surface area contributed by atoms with Crippen LogP contribution in [0.3, 0.4) is 0 Å². The van der Waals surface area contributed by atoms with Crippen molar-refractivity contribution in [2.45, 2.75) is 23.8 Å². The number of nitrogens with one attached hydrogen (secondary N) is 1. The van der Waals surface area contributed by atoms with Crippen LogP contribution in [-0.4, -0.2) is 39.5 Å². The average Bonchev–Trinajstić information content (AvgIpc) is 2.70. The molecular formula is C12H20N4O2S. The van der Waals surface area contributed by atoms with Crippen LogP contribution in [0, 0.1) is 0 Å². The van der Waals surface area contributed by atoms with Crippen molar-refractivity contribution in [2.75, 3.05) is 31.2 Å². The normalized spacial score (nSPS) is 20.6. The highest BCUT2D eigenvalue weighted by Crippen LogP contribution is 2.21. The van der Waals surface area contributed by atoms with Crippen molar-refractivity contribution in [1.29, 1.82) is 0 Å². The third-order valence-corrected chi connectivity index (χ3v) is 4.36. The lowest BCUT2D eigenvalue weighted by Crippen LogP contribution is -2.31. The number of nitrogens with zero attached hydrogens (tertiary/aromatic N) is 1. The highest BCUT2D eigenvalue weighted by Gasteiger charge is 2.20. The molecule has 1 aromatic carbocycles. The van der Waals surface area contributed by atoms with Crippen molar-refractivity contribution in [3.63, 3.8) is 0 Å². The first-order valence-corrected chi connectivity index (χ1v) is 7.78. The van der Waals surface area contributed by atoms with E-state index in [0.29, 0.717) is 17.4 Å². The van der Waals surface area contributed by atoms with Crippen LogP contribution < -0.4 is 16.2 Å². The predicted octanol–water partition coefficient (Wildman–Crippen LogP) is 0.422. The maximum Gasteiger partial charge on any atom is 0.238 e. The summed E-state index contributed by atoms with van der Waals surface area (Å²) in [5, 5.41) is 8.34. The number of likely N-dealkylation sites (N-methyl/N-ethyl adjacent to an activating group) is 1. The number of benzene rings is 1. The Bertz CT molecular complexity index is 559. The second-order valence-electron chi connectivity index (χ2n) is 4.99. The minimum atomic E-state index is -3.73. The van der Waals surface area contributed by atoms with Crippen LogP contribution in [0.15, 0.2) is 23.1 Å². The van der Waals surface area contributed by atoms with E-state index in [0.717, 1.165) is 19.5 Å². The van der Waals surface area contributed by atoms with Crippen molar-refractivity contribution in [2.24, 2.45) is 5.14 Å². The third kappa shape index (κ3) is 3.59. The SMILES string of the molecule is CN1CCCC1CNc1cc(N)cc(S(N)(=O)=O)c1. The summed E-state index contributed by atoms with van der Waals surface area (Å²) < 4.78 is 22.7. The van der Waals surface area contributed by atoms with E-state index in [4.69, 9.17) is 10.9 Å². The van der Waals surface area contributed by atoms with Crippen LogP contribution >= 0.6 is 0 Å². The minimum Gasteiger partial charge on any atom is -0.399 e. The Morgan fingerprint density at radius 2 is 2.16 bits per heavy atom. The summed E-state index contributed by atoms with van der Waals surface area (Å²) in [6.07, 6.45) is 2.34. The molecule has 1 saturated heterocycles. The number of sulfonamides is 1. The number of anilines is 2. The minimum absolute atomic E-state index is 0.0368. The third-order valence-electron chi connectivity index (χ3n) is 3.47. The summed E-state index contributed by atoms with van der Waals surface area (Å²) in [6.45, 7) is 1.87. The first-order valence-electron chi connectivity index (χ1n) is 6.24. The molecule has 1 aliphatic rings. The zero-order valence-corrected chi connectivity index (χ0v) is 11.8. The van der Waals surface area contributed by atoms with Crippen LogP contribution in [-0.2, 0) is 10.0 Å². The number of hydrogen-bond acceptors (Lipinski definition) is 5. The fraction of sp³-hybridized carbons (Fsp3) is 0.500. The zero-order chi connectivity index (χ0) is 14.0. The van der Waals surface area contributed by atoms with Crippen molar-refractivity contribution in [1.82, 2.24) is 4.90 Å². The van der Waals surface area contributed by atoms with Crippen molar-refractivity contribution >= 4 is 21.4 Å². The summed E-state index contributed by atoms with van der Waals surface area (Å²) in [5.41, 5.74) is 6.76. The zero-order valence-electron chi connectivity index (χ0n) is 11.0. The largest absolute Gasteiger partial charge is 0.399 e. The molecular weight excluding hydrogens is 264 g/mol. The van der Waals surface area contributed by atoms with Gasteiger partial charge < -0.3 is 16.0 Å². The summed E-state index contributed by atoms with van der Waals surface area (Å²) in [4.78, 5) is 2.33. The van der Waals surface area contributed by atoms with Gasteiger partial charge in [-0.05, 0) is 44.6 Å². The molecule has 7 heteroatoms. The molecule has 0 aromatic heterocycles. The molecule has 0 spiro atoms. The molecule has 106 valence electrons. The Labute approximate surface area is 113 Å². The summed E-state index contributed by atoms with van der Waals surface area (Å²) in [5.74, 6) is 0. The second kappa shape index (κ2) is 5.36. The molecule has 0 saturated carbocycles. The number of primary sulfonamides is 1. The highest BCUT2D eigenvalue weighted by atomic mass is 32.2. The van der Waals surface area contributed by atoms with Crippen molar-refractivity contribution in [3.05, 3.63) is 18.2 Å². The van der Waals surface area contributed by atoms with Crippen LogP contribution in [0.5, 0.6) is 0 Å². The van der Waals surface area contributed by atoms with E-state index in [1.165, 1.54) is 18.6 Å². The summed E-state index contributed by atoms with van der Waals surface area (Å²) >= 11 is 0. The van der Waals surface area contributed by atoms with Gasteiger partial charge in [0.1, 0.15) is 0 Å². The van der Waals surface area contributed by atoms with Gasteiger partial charge in [-0.2, -0.15) is 0 Å². The van der Waals surface area contributed by atoms with Gasteiger partial charge in [0.15, 0.2) is 0 Å². The van der Waals surface area contributed by atoms with E-state index in [1.807, 2.05) is 0 Å². The molecule has 19 heavy (non-hydrogen) atoms. The average molecular weight is 284 g/mol. The van der Waals surface area contributed by atoms with E-state index in [2.05, 4.69) is 17.3 Å². The Morgan fingerprint density at radius 1 is 1.42 bits per heavy atom. The molecule has 0 amide bonds. The Balaban J connectivity index is 2.10. The molecule has 1 heterocycles. The Morgan fingerprint density at radius 3 is 2.74 bits per heavy atom. The number of likely N-dealkylation sites (tertiary alicyclic amines) is 1. The first kappa shape index (κ1) is 14.1. The quantitative estimate of drug-likeness (QED) is 0.696. The summed E-state index contributed by atoms with van der Waals surface area (Å²) in [6, 6.07) is 5.06. The van der Waals surface area contributed by atoms with Gasteiger partial charge in [0.2, 0.25) is 10.0 Å². The molecule has 1 atom stereocenters. The molecule has 1 aliphatic heterocycles. The molecule has 0 aliphatic carbocycles. The van der Waals surface area contributed by atoms with Gasteiger partial charge in [-0.3, -0.25) is 0 Å². The van der Waals surface area contributed by atoms with Crippen molar-refractivity contribution < 1.29 is 8.42 Å². The molecule has 0 radical (unpaired) electrons. The van der Waals surface area contributed by atoms with E-state index < -0.39 is 10.0 Å². The van der Waals surface area contributed by atoms with Crippen LogP contribution in [0.4, 0.5) is 11.4 Å². The van der Waals surface area contributed by atoms with Crippen LogP contribution in [0.2, 0.25) is 0 Å². The number of nitrogens with two attached hydrogens (primary N) is 2. The van der Waals surface area contributed by atoms with Crippen molar-refractivity contribution in [3.8, 4) is 0 Å². The second-order valence-corrected chi connectivity index (χ2v) is 6.55. The molecule has 2 rings (SSSR count). The van der Waals surface area contributed by atoms with Crippen LogP contribution in [0.1, 0.15) is 12.8 Å². The topological polar surface area (TPSA) is 101 Å². The van der Waals surface area contributed by atoms with Gasteiger partial charge in [-0.25, -0.2) is 13.6 Å². The monoisotopic (exact) mass is 284 g/mol. The fourth-order valence-corrected chi connectivity index (χ4v) is 2.95. The Hall–Kier alpha value is -1.31. The van der Waals surface area contributed by atoms with Gasteiger partial charge in [-0.1, -0.05) is 0 Å². The van der Waals surface area contributed by atoms with Gasteiger partial charge in [0, 0.05) is 24.0 Å². The maximum absolute atomic E-state index is 11.3. The lowest BCUT2D eigenvalue weighted by molar-refractivity contribution is 0.322. The maximum atomic E-state index is 11.3. The smallest absolute Gasteiger partial charge is 0.238 e. The van der Waals surface area contributed by atoms with Gasteiger partial charge in [0.25, 0.3) is 0 Å². The van der Waals surface area contributed by atoms with E-state index in [1.54, 1.807) is 6.07 Å². The van der Waals surface area contributed by atoms with E-state index >= 15 is 0 Å². The van der Waals surface area contributed by atoms with Gasteiger partial charge in [-0.15, -0.1) is 0 Å². The highest BCUT2D eigenvalue weighted by molar-refractivity contribution is 7.89. The van der Waals surface area contributed by atoms with Crippen LogP contribution in [0.25, 0.3) is 0 Å².